The van der Waals surface area contributed by atoms with E-state index in [4.69, 9.17) is 24.7 Å². The molecule has 33 nitrogen and oxygen atoms in total. The summed E-state index contributed by atoms with van der Waals surface area (Å²) in [6.45, 7) is 6.95. The topological polar surface area (TPSA) is 500 Å². The van der Waals surface area contributed by atoms with Crippen LogP contribution in [0.2, 0.25) is 0 Å². The number of hydrogen-bond acceptors (Lipinski definition) is 22. The molecule has 8 bridgehead atoms. The van der Waals surface area contributed by atoms with Crippen LogP contribution in [0.25, 0.3) is 0 Å². The number of phenols is 2. The molecule has 0 fully saturated rings. The summed E-state index contributed by atoms with van der Waals surface area (Å²) in [5.41, 5.74) is 5.71. The largest absolute Gasteiger partial charge is 0.504 e. The average molecular weight is 1500 g/mol. The van der Waals surface area contributed by atoms with Crippen LogP contribution in [0.1, 0.15) is 105 Å². The van der Waals surface area contributed by atoms with Gasteiger partial charge in [-0.25, -0.2) is 4.79 Å². The van der Waals surface area contributed by atoms with E-state index in [-0.39, 0.29) is 122 Å². The van der Waals surface area contributed by atoms with Gasteiger partial charge < -0.3 is 92.7 Å². The Kier molecular flexibility index (Phi) is 29.2. The van der Waals surface area contributed by atoms with Gasteiger partial charge in [-0.1, -0.05) is 100 Å². The van der Waals surface area contributed by atoms with E-state index in [0.29, 0.717) is 11.1 Å². The first-order chi connectivity index (χ1) is 50.4. The van der Waals surface area contributed by atoms with E-state index in [1.807, 2.05) is 13.8 Å². The summed E-state index contributed by atoms with van der Waals surface area (Å²) in [6, 6.07) is 15.8. The van der Waals surface area contributed by atoms with Crippen LogP contribution in [0.3, 0.4) is 0 Å². The van der Waals surface area contributed by atoms with E-state index in [9.17, 15) is 88.9 Å². The molecule has 0 aromatic heterocycles. The van der Waals surface area contributed by atoms with Crippen LogP contribution in [0.15, 0.2) is 121 Å². The summed E-state index contributed by atoms with van der Waals surface area (Å²) in [5, 5.41) is 102. The number of nitro groups is 2. The van der Waals surface area contributed by atoms with Crippen LogP contribution in [0.4, 0.5) is 11.4 Å². The smallest absolute Gasteiger partial charge is 0.335 e. The van der Waals surface area contributed by atoms with Crippen molar-refractivity contribution >= 4 is 77.0 Å². The minimum absolute atomic E-state index is 0. The number of amides is 8. The molecule has 0 saturated heterocycles. The van der Waals surface area contributed by atoms with Crippen molar-refractivity contribution in [3.63, 3.8) is 0 Å². The average Bonchev–Trinajstić information content (AvgIpc) is 0.793. The van der Waals surface area contributed by atoms with Gasteiger partial charge in [-0.15, -0.1) is 12.4 Å². The number of ether oxygens (including phenoxy) is 4. The number of aliphatic carboxylic acids is 1. The molecule has 4 aliphatic rings. The number of rotatable bonds is 26. The predicted molar refractivity (Wildman–Crippen MR) is 385 cm³/mol. The summed E-state index contributed by atoms with van der Waals surface area (Å²) in [6.07, 6.45) is -5.95. The van der Waals surface area contributed by atoms with Crippen molar-refractivity contribution in [3.8, 4) is 46.0 Å². The Morgan fingerprint density at radius 2 is 1.02 bits per heavy atom. The lowest BCUT2D eigenvalue weighted by Gasteiger charge is -2.29. The van der Waals surface area contributed by atoms with Gasteiger partial charge in [0.25, 0.3) is 5.91 Å². The molecule has 0 spiro atoms. The lowest BCUT2D eigenvalue weighted by Crippen LogP contribution is -2.58. The Balaban J connectivity index is 0.0000160. The maximum Gasteiger partial charge on any atom is 0.335 e. The Bertz CT molecular complexity index is 4250. The lowest BCUT2D eigenvalue weighted by molar-refractivity contribution is -0.385. The molecule has 8 amide bonds. The zero-order chi connectivity index (χ0) is 77.2. The molecule has 10 rings (SSSR count). The zero-order valence-electron chi connectivity index (χ0n) is 59.1. The first-order valence-corrected chi connectivity index (χ1v) is 34.0. The fraction of sp³-hybridized carbons (Fsp3) is 0.384. The molecule has 34 heteroatoms. The number of nitrogens with two attached hydrogens (primary N) is 1. The molecule has 0 saturated carbocycles. The molecule has 6 aromatic carbocycles. The van der Waals surface area contributed by atoms with Crippen LogP contribution in [-0.2, 0) is 68.8 Å². The van der Waals surface area contributed by atoms with Gasteiger partial charge in [-0.2, -0.15) is 0 Å². The van der Waals surface area contributed by atoms with Crippen LogP contribution in [0, 0.1) is 32.1 Å². The number of hydrogen-bond donors (Lipinski definition) is 14. The number of aromatic hydroxyl groups is 2. The third kappa shape index (κ3) is 22.2. The van der Waals surface area contributed by atoms with Crippen molar-refractivity contribution in [3.05, 3.63) is 175 Å². The second kappa shape index (κ2) is 37.8. The number of unbranched alkanes of at least 4 members (excludes halogenated alkanes) is 1. The minimum atomic E-state index is -2.41. The number of carboxylic acid groups (broad SMARTS) is 1. The number of benzene rings is 6. The molecular weight excluding hydrogens is 1420 g/mol. The standard InChI is InChI=1S/C73H85N11O22.ClH/c1-37(2)25-45(74)66(90)77-49-29-41-20-22-55(51(31-41)83(99)100)105-57-35-43(33-53(85)64(57)103-5)60(81-70(94)47(78-68(49)92)27-39-15-9-7-10-16-39)62(88)72(96)75-24-14-13-19-59(87)76-46(26-38(3)4)67(91)80-50-30-42-21-23-56(52(32-42)84(101)102)106-58-36-44(34-54(86)65(58)104-6)61(63(89)73(97)98)82-71(95)48(79-69(50)93)28-40-17-11-8-12-18-40;/h7-12,15-18,20-23,31-38,45-50,60-63,85-86,88-89H,13-14,19,24-30,74H2,1-6H3,(H,75,96)(H,76,87)(H,77,90)(H,78,92)(H,79,93)(H,80,91)(H,81,94)(H,82,95)(H,97,98);1H/t45-,46-,47+,48+,49-,50-,60-,61-,62+,63+;/m1./s1. The Labute approximate surface area is 619 Å². The molecule has 10 atom stereocenters. The first-order valence-electron chi connectivity index (χ1n) is 34.0. The van der Waals surface area contributed by atoms with Gasteiger partial charge in [0.05, 0.1) is 42.2 Å². The van der Waals surface area contributed by atoms with Crippen LogP contribution >= 0.6 is 12.4 Å². The number of halogens is 1. The third-order valence-corrected chi connectivity index (χ3v) is 17.4. The maximum absolute atomic E-state index is 14.8. The fourth-order valence-corrected chi connectivity index (χ4v) is 12.1. The second-order valence-corrected chi connectivity index (χ2v) is 26.4. The number of nitrogens with one attached hydrogen (secondary N) is 8. The molecule has 6 aromatic rings. The summed E-state index contributed by atoms with van der Waals surface area (Å²) in [5.74, 6) is -13.2. The van der Waals surface area contributed by atoms with Crippen molar-refractivity contribution in [2.45, 2.75) is 146 Å². The number of carbonyl (C=O) groups is 9. The Morgan fingerprint density at radius 1 is 0.579 bits per heavy atom. The number of carboxylic acids is 1. The number of nitrogens with zero attached hydrogens (tertiary/aromatic N) is 2. The summed E-state index contributed by atoms with van der Waals surface area (Å²) < 4.78 is 22.7. The summed E-state index contributed by atoms with van der Waals surface area (Å²) in [7, 11) is 2.30. The van der Waals surface area contributed by atoms with Gasteiger partial charge in [0.15, 0.2) is 35.2 Å². The summed E-state index contributed by atoms with van der Waals surface area (Å²) in [4.78, 5) is 151. The number of phenolic OH excluding ortho intramolecular Hbond substituents is 2. The van der Waals surface area contributed by atoms with Crippen molar-refractivity contribution in [2.75, 3.05) is 20.8 Å². The fourth-order valence-electron chi connectivity index (χ4n) is 12.1. The van der Waals surface area contributed by atoms with E-state index in [1.54, 1.807) is 74.5 Å². The number of nitro benzene ring substituents is 2. The highest BCUT2D eigenvalue weighted by Gasteiger charge is 2.39. The van der Waals surface area contributed by atoms with Crippen LogP contribution < -0.4 is 67.2 Å². The second-order valence-electron chi connectivity index (χ2n) is 26.4. The van der Waals surface area contributed by atoms with Gasteiger partial charge in [-0.05, 0) is 107 Å². The minimum Gasteiger partial charge on any atom is -0.504 e. The van der Waals surface area contributed by atoms with Gasteiger partial charge >= 0.3 is 17.3 Å². The van der Waals surface area contributed by atoms with Crippen molar-refractivity contribution < 1.29 is 97.5 Å². The molecular formula is C73H86ClN11O22. The number of carbonyl (C=O) groups excluding carboxylic acids is 8. The number of methoxy groups -OCH3 is 2. The number of aliphatic hydroxyl groups excluding tert-OH is 2. The zero-order valence-corrected chi connectivity index (χ0v) is 59.9. The monoisotopic (exact) mass is 1500 g/mol. The molecule has 0 radical (unpaired) electrons. The first kappa shape index (κ1) is 82.6. The molecule has 107 heavy (non-hydrogen) atoms. The predicted octanol–water partition coefficient (Wildman–Crippen LogP) is 4.49. The van der Waals surface area contributed by atoms with Crippen molar-refractivity contribution in [2.24, 2.45) is 17.6 Å². The molecule has 4 heterocycles. The third-order valence-electron chi connectivity index (χ3n) is 17.4. The van der Waals surface area contributed by atoms with E-state index in [1.165, 1.54) is 18.2 Å². The molecule has 0 unspecified atom stereocenters. The molecule has 15 N–H and O–H groups in total. The maximum atomic E-state index is 14.8. The van der Waals surface area contributed by atoms with Gasteiger partial charge in [0, 0.05) is 50.8 Å². The number of fused-ring (bicyclic) bond motifs is 18. The van der Waals surface area contributed by atoms with E-state index < -0.39 is 170 Å². The van der Waals surface area contributed by atoms with Crippen molar-refractivity contribution in [1.82, 2.24) is 42.5 Å². The highest BCUT2D eigenvalue weighted by Crippen LogP contribution is 2.46. The van der Waals surface area contributed by atoms with Crippen LogP contribution in [0.5, 0.6) is 46.0 Å². The highest BCUT2D eigenvalue weighted by atomic mass is 35.5. The van der Waals surface area contributed by atoms with E-state index >= 15 is 0 Å². The van der Waals surface area contributed by atoms with E-state index in [0.717, 1.165) is 56.7 Å². The van der Waals surface area contributed by atoms with Gasteiger partial charge in [-0.3, -0.25) is 58.6 Å². The Hall–Kier alpha value is -11.7. The van der Waals surface area contributed by atoms with E-state index in [2.05, 4.69) is 42.5 Å². The summed E-state index contributed by atoms with van der Waals surface area (Å²) >= 11 is 0. The van der Waals surface area contributed by atoms with Crippen LogP contribution in [-0.4, -0.2) is 158 Å². The SMILES string of the molecule is COc1c(O)cc2cc1Oc1ccc(cc1[N+](=O)[O-])C[C@@H](NC(=O)[C@@H](CC(C)C)NC(=O)CCCCNC(=O)[C@@H](O)[C@@H]1NC(=O)[C@H](Cc3ccccc3)NC(=O)[C@H](NC(=O)[C@H](N)CC(C)C)Cc3ccc(c([N+](=O)[O-])c3)Oc3cc1cc(O)c3OC)C(=O)N[C@@H](Cc1ccccc1)C(=O)N[C@H]2[C@H](O)C(=O)O.Cl. The van der Waals surface area contributed by atoms with Gasteiger partial charge in [0.1, 0.15) is 30.2 Å². The lowest BCUT2D eigenvalue weighted by atomic mass is 9.97. The molecule has 0 aliphatic carbocycles. The molecule has 4 aliphatic heterocycles. The Morgan fingerprint density at radius 3 is 1.44 bits per heavy atom. The van der Waals surface area contributed by atoms with Gasteiger partial charge in [0.2, 0.25) is 64.3 Å². The quantitative estimate of drug-likeness (QED) is 0.0202. The highest BCUT2D eigenvalue weighted by molar-refractivity contribution is 5.96. The van der Waals surface area contributed by atoms with Crippen molar-refractivity contribution in [1.29, 1.82) is 0 Å². The number of aliphatic hydroxyl groups is 2. The molecule has 572 valence electrons. The normalized spacial score (nSPS) is 18.5.